The summed E-state index contributed by atoms with van der Waals surface area (Å²) in [6, 6.07) is 0. The highest BCUT2D eigenvalue weighted by Gasteiger charge is 2.19. The van der Waals surface area contributed by atoms with Gasteiger partial charge in [-0.05, 0) is 18.3 Å². The van der Waals surface area contributed by atoms with Gasteiger partial charge in [-0.2, -0.15) is 0 Å². The van der Waals surface area contributed by atoms with Gasteiger partial charge in [0.2, 0.25) is 0 Å². The quantitative estimate of drug-likeness (QED) is 0.455. The van der Waals surface area contributed by atoms with Crippen LogP contribution < -0.4 is 0 Å². The molecule has 1 rings (SSSR count). The summed E-state index contributed by atoms with van der Waals surface area (Å²) in [5.41, 5.74) is 0. The maximum atomic E-state index is 3.79. The molecule has 0 radical (unpaired) electrons. The second-order valence-corrected chi connectivity index (χ2v) is 2.81. The molecule has 0 bridgehead atoms. The predicted molar refractivity (Wildman–Crippen MR) is 36.7 cm³/mol. The van der Waals surface area contributed by atoms with Crippen LogP contribution in [0.25, 0.3) is 0 Å². The molecule has 0 amide bonds. The van der Waals surface area contributed by atoms with Crippen LogP contribution in [0.4, 0.5) is 0 Å². The molecular weight excluding hydrogens is 96.1 g/mol. The van der Waals surface area contributed by atoms with Gasteiger partial charge in [-0.3, -0.25) is 0 Å². The minimum atomic E-state index is 0.829. The molecule has 1 aliphatic carbocycles. The molecule has 0 aromatic heterocycles. The van der Waals surface area contributed by atoms with Crippen molar-refractivity contribution in [2.24, 2.45) is 11.8 Å². The fourth-order valence-electron chi connectivity index (χ4n) is 1.52. The smallest absolute Gasteiger partial charge is 0.0210 e. The Morgan fingerprint density at radius 3 is 2.50 bits per heavy atom. The average molecular weight is 110 g/mol. The van der Waals surface area contributed by atoms with Crippen molar-refractivity contribution in [1.29, 1.82) is 0 Å². The normalized spacial score (nSPS) is 37.6. The van der Waals surface area contributed by atoms with E-state index in [0.717, 1.165) is 11.8 Å². The molecular formula is C8H14. The zero-order chi connectivity index (χ0) is 5.98. The third-order valence-electron chi connectivity index (χ3n) is 2.23. The van der Waals surface area contributed by atoms with Crippen molar-refractivity contribution in [3.63, 3.8) is 0 Å². The van der Waals surface area contributed by atoms with Crippen LogP contribution in [0, 0.1) is 11.8 Å². The second kappa shape index (κ2) is 2.34. The maximum absolute atomic E-state index is 3.79. The molecule has 1 unspecified atom stereocenters. The van der Waals surface area contributed by atoms with E-state index >= 15 is 0 Å². The van der Waals surface area contributed by atoms with E-state index in [2.05, 4.69) is 19.6 Å². The molecule has 0 aromatic rings. The second-order valence-electron chi connectivity index (χ2n) is 2.81. The Balaban J connectivity index is 2.41. The molecule has 8 heavy (non-hydrogen) atoms. The largest absolute Gasteiger partial charge is 0.103 e. The molecule has 1 saturated carbocycles. The fourth-order valence-corrected chi connectivity index (χ4v) is 1.52. The molecule has 0 aliphatic heterocycles. The Labute approximate surface area is 51.6 Å². The molecule has 46 valence electrons. The van der Waals surface area contributed by atoms with Crippen molar-refractivity contribution in [1.82, 2.24) is 0 Å². The zero-order valence-electron chi connectivity index (χ0n) is 5.56. The Bertz CT molecular complexity index is 84.0. The molecule has 0 heterocycles. The SMILES string of the molecule is C=CC1CCC[C@H]1C. The van der Waals surface area contributed by atoms with Crippen LogP contribution in [0.3, 0.4) is 0 Å². The summed E-state index contributed by atoms with van der Waals surface area (Å²) in [7, 11) is 0. The van der Waals surface area contributed by atoms with Crippen molar-refractivity contribution in [3.05, 3.63) is 12.7 Å². The van der Waals surface area contributed by atoms with Crippen LogP contribution >= 0.6 is 0 Å². The monoisotopic (exact) mass is 110 g/mol. The molecule has 0 aromatic carbocycles. The molecule has 0 heteroatoms. The van der Waals surface area contributed by atoms with Gasteiger partial charge < -0.3 is 0 Å². The first kappa shape index (κ1) is 5.87. The maximum Gasteiger partial charge on any atom is -0.0210 e. The van der Waals surface area contributed by atoms with Gasteiger partial charge in [-0.1, -0.05) is 25.8 Å². The third-order valence-corrected chi connectivity index (χ3v) is 2.23. The van der Waals surface area contributed by atoms with Crippen molar-refractivity contribution in [2.45, 2.75) is 26.2 Å². The number of allylic oxidation sites excluding steroid dienone is 1. The average Bonchev–Trinajstić information content (AvgIpc) is 2.14. The van der Waals surface area contributed by atoms with Crippen molar-refractivity contribution in [3.8, 4) is 0 Å². The highest BCUT2D eigenvalue weighted by atomic mass is 14.2. The highest BCUT2D eigenvalue weighted by molar-refractivity contribution is 4.86. The summed E-state index contributed by atoms with van der Waals surface area (Å²) >= 11 is 0. The van der Waals surface area contributed by atoms with Gasteiger partial charge in [0, 0.05) is 0 Å². The molecule has 0 spiro atoms. The van der Waals surface area contributed by atoms with Crippen molar-refractivity contribution >= 4 is 0 Å². The van der Waals surface area contributed by atoms with Crippen LogP contribution in [0.5, 0.6) is 0 Å². The summed E-state index contributed by atoms with van der Waals surface area (Å²) in [5.74, 6) is 1.74. The Kier molecular flexibility index (Phi) is 1.72. The van der Waals surface area contributed by atoms with Crippen LogP contribution in [0.15, 0.2) is 12.7 Å². The third kappa shape index (κ3) is 0.936. The Hall–Kier alpha value is -0.260. The molecule has 1 aliphatic rings. The fraction of sp³-hybridized carbons (Fsp3) is 0.750. The van der Waals surface area contributed by atoms with Gasteiger partial charge in [0.05, 0.1) is 0 Å². The highest BCUT2D eigenvalue weighted by Crippen LogP contribution is 2.31. The summed E-state index contributed by atoms with van der Waals surface area (Å²) in [6.45, 7) is 6.11. The predicted octanol–water partition coefficient (Wildman–Crippen LogP) is 2.61. The van der Waals surface area contributed by atoms with E-state index in [1.807, 2.05) is 0 Å². The lowest BCUT2D eigenvalue weighted by atomic mass is 9.99. The number of rotatable bonds is 1. The van der Waals surface area contributed by atoms with E-state index < -0.39 is 0 Å². The summed E-state index contributed by atoms with van der Waals surface area (Å²) in [6.07, 6.45) is 6.32. The Morgan fingerprint density at radius 1 is 1.50 bits per heavy atom. The van der Waals surface area contributed by atoms with E-state index in [4.69, 9.17) is 0 Å². The first-order chi connectivity index (χ1) is 3.84. The number of hydrogen-bond donors (Lipinski definition) is 0. The van der Waals surface area contributed by atoms with E-state index in [1.54, 1.807) is 0 Å². The summed E-state index contributed by atoms with van der Waals surface area (Å²) < 4.78 is 0. The van der Waals surface area contributed by atoms with E-state index in [1.165, 1.54) is 19.3 Å². The molecule has 0 N–H and O–H groups in total. The lowest BCUT2D eigenvalue weighted by Gasteiger charge is -2.06. The van der Waals surface area contributed by atoms with E-state index in [9.17, 15) is 0 Å². The van der Waals surface area contributed by atoms with Crippen molar-refractivity contribution in [2.75, 3.05) is 0 Å². The molecule has 0 saturated heterocycles. The van der Waals surface area contributed by atoms with Gasteiger partial charge in [0.25, 0.3) is 0 Å². The van der Waals surface area contributed by atoms with Gasteiger partial charge >= 0.3 is 0 Å². The van der Waals surface area contributed by atoms with Crippen LogP contribution in [-0.2, 0) is 0 Å². The lowest BCUT2D eigenvalue weighted by molar-refractivity contribution is 0.504. The topological polar surface area (TPSA) is 0 Å². The van der Waals surface area contributed by atoms with Gasteiger partial charge in [0.1, 0.15) is 0 Å². The van der Waals surface area contributed by atoms with E-state index in [-0.39, 0.29) is 0 Å². The van der Waals surface area contributed by atoms with Gasteiger partial charge in [-0.15, -0.1) is 6.58 Å². The standard InChI is InChI=1S/C8H14/c1-3-8-6-4-5-7(8)2/h3,7-8H,1,4-6H2,2H3/t7-,8?/m1/s1. The lowest BCUT2D eigenvalue weighted by Crippen LogP contribution is -1.97. The van der Waals surface area contributed by atoms with Crippen LogP contribution in [0.2, 0.25) is 0 Å². The van der Waals surface area contributed by atoms with E-state index in [0.29, 0.717) is 0 Å². The van der Waals surface area contributed by atoms with Crippen molar-refractivity contribution < 1.29 is 0 Å². The minimum absolute atomic E-state index is 0.829. The Morgan fingerprint density at radius 2 is 2.25 bits per heavy atom. The first-order valence-electron chi connectivity index (χ1n) is 3.47. The summed E-state index contributed by atoms with van der Waals surface area (Å²) in [5, 5.41) is 0. The van der Waals surface area contributed by atoms with Crippen LogP contribution in [-0.4, -0.2) is 0 Å². The zero-order valence-corrected chi connectivity index (χ0v) is 5.56. The molecule has 2 atom stereocenters. The van der Waals surface area contributed by atoms with Gasteiger partial charge in [-0.25, -0.2) is 0 Å². The minimum Gasteiger partial charge on any atom is -0.103 e. The molecule has 1 fully saturated rings. The summed E-state index contributed by atoms with van der Waals surface area (Å²) in [4.78, 5) is 0. The first-order valence-corrected chi connectivity index (χ1v) is 3.47. The number of hydrogen-bond acceptors (Lipinski definition) is 0. The molecule has 0 nitrogen and oxygen atoms in total. The van der Waals surface area contributed by atoms with Gasteiger partial charge in [0.15, 0.2) is 0 Å². The van der Waals surface area contributed by atoms with Crippen LogP contribution in [0.1, 0.15) is 26.2 Å².